The molecule has 35 heavy (non-hydrogen) atoms. The molecule has 7 heteroatoms. The largest absolute Gasteiger partial charge is 0.459 e. The van der Waals surface area contributed by atoms with Crippen molar-refractivity contribution in [2.75, 3.05) is 0 Å². The fraction of sp³-hybridized carbons (Fsp3) is 0.500. The van der Waals surface area contributed by atoms with E-state index in [0.717, 1.165) is 55.4 Å². The second kappa shape index (κ2) is 10.8. The maximum Gasteiger partial charge on any atom is 0.416 e. The number of esters is 2. The fourth-order valence-corrected chi connectivity index (χ4v) is 5.56. The lowest BCUT2D eigenvalue weighted by molar-refractivity contribution is -0.137. The Morgan fingerprint density at radius 1 is 0.829 bits per heavy atom. The minimum atomic E-state index is -4.47. The van der Waals surface area contributed by atoms with Crippen molar-refractivity contribution in [2.45, 2.75) is 70.6 Å². The Hall–Kier alpha value is -2.83. The van der Waals surface area contributed by atoms with Crippen molar-refractivity contribution in [1.82, 2.24) is 0 Å². The van der Waals surface area contributed by atoms with Crippen LogP contribution in [0.2, 0.25) is 0 Å². The average Bonchev–Trinajstić information content (AvgIpc) is 2.84. The molecule has 2 aromatic rings. The number of benzene rings is 2. The molecule has 4 atom stereocenters. The van der Waals surface area contributed by atoms with E-state index in [2.05, 4.69) is 6.92 Å². The van der Waals surface area contributed by atoms with Crippen LogP contribution in [0.15, 0.2) is 48.5 Å². The van der Waals surface area contributed by atoms with Gasteiger partial charge in [0.05, 0.1) is 16.7 Å². The zero-order valence-electron chi connectivity index (χ0n) is 19.9. The highest BCUT2D eigenvalue weighted by atomic mass is 19.4. The lowest BCUT2D eigenvalue weighted by Gasteiger charge is -2.41. The van der Waals surface area contributed by atoms with Gasteiger partial charge in [0.25, 0.3) is 0 Å². The zero-order valence-corrected chi connectivity index (χ0v) is 19.9. The molecule has 0 amide bonds. The number of carbonyl (C=O) groups is 2. The fourth-order valence-electron chi connectivity index (χ4n) is 5.56. The van der Waals surface area contributed by atoms with Gasteiger partial charge in [-0.1, -0.05) is 26.2 Å². The highest BCUT2D eigenvalue weighted by Gasteiger charge is 2.36. The maximum atomic E-state index is 12.7. The van der Waals surface area contributed by atoms with Crippen LogP contribution >= 0.6 is 0 Å². The van der Waals surface area contributed by atoms with Gasteiger partial charge in [-0.25, -0.2) is 9.59 Å². The molecular weight excluding hydrogens is 457 g/mol. The molecule has 0 bridgehead atoms. The molecule has 2 saturated carbocycles. The molecule has 0 aromatic heterocycles. The molecule has 0 spiro atoms. The number of hydrogen-bond acceptors (Lipinski definition) is 4. The van der Waals surface area contributed by atoms with Crippen molar-refractivity contribution < 1.29 is 32.2 Å². The number of hydrogen-bond donors (Lipinski definition) is 0. The van der Waals surface area contributed by atoms with Crippen molar-refractivity contribution in [3.8, 4) is 5.75 Å². The second-order valence-electron chi connectivity index (χ2n) is 9.82. The summed E-state index contributed by atoms with van der Waals surface area (Å²) in [6.07, 6.45) is 4.78. The normalized spacial score (nSPS) is 24.3. The van der Waals surface area contributed by atoms with E-state index in [1.807, 2.05) is 0 Å². The van der Waals surface area contributed by atoms with Crippen molar-refractivity contribution in [3.63, 3.8) is 0 Å². The number of halogens is 3. The van der Waals surface area contributed by atoms with Crippen molar-refractivity contribution >= 4 is 11.9 Å². The number of carbonyl (C=O) groups excluding carboxylic acids is 2. The molecule has 2 fully saturated rings. The Labute approximate surface area is 203 Å². The molecule has 0 N–H and O–H groups in total. The molecule has 0 heterocycles. The van der Waals surface area contributed by atoms with Gasteiger partial charge >= 0.3 is 18.1 Å². The number of alkyl halides is 3. The molecule has 188 valence electrons. The van der Waals surface area contributed by atoms with Gasteiger partial charge in [0.15, 0.2) is 0 Å². The molecule has 0 radical (unpaired) electrons. The minimum Gasteiger partial charge on any atom is -0.459 e. The third-order valence-electron chi connectivity index (χ3n) is 7.39. The molecule has 2 aromatic carbocycles. The van der Waals surface area contributed by atoms with Crippen LogP contribution < -0.4 is 4.74 Å². The van der Waals surface area contributed by atoms with Gasteiger partial charge in [-0.05, 0) is 98.4 Å². The number of rotatable bonds is 6. The molecule has 0 aliphatic heterocycles. The van der Waals surface area contributed by atoms with Gasteiger partial charge in [-0.3, -0.25) is 0 Å². The molecule has 4 unspecified atom stereocenters. The van der Waals surface area contributed by atoms with Gasteiger partial charge < -0.3 is 9.47 Å². The first-order valence-corrected chi connectivity index (χ1v) is 12.4. The van der Waals surface area contributed by atoms with Gasteiger partial charge in [0.1, 0.15) is 11.9 Å². The second-order valence-corrected chi connectivity index (χ2v) is 9.82. The number of ether oxygens (including phenoxy) is 2. The van der Waals surface area contributed by atoms with Gasteiger partial charge in [-0.2, -0.15) is 13.2 Å². The summed E-state index contributed by atoms with van der Waals surface area (Å²) in [6, 6.07) is 9.82. The third kappa shape index (κ3) is 6.44. The Morgan fingerprint density at radius 3 is 2.09 bits per heavy atom. The van der Waals surface area contributed by atoms with Gasteiger partial charge in [-0.15, -0.1) is 0 Å². The topological polar surface area (TPSA) is 52.6 Å². The van der Waals surface area contributed by atoms with Gasteiger partial charge in [0.2, 0.25) is 0 Å². The Kier molecular flexibility index (Phi) is 7.82. The summed E-state index contributed by atoms with van der Waals surface area (Å²) in [5.74, 6) is 1.27. The summed E-state index contributed by atoms with van der Waals surface area (Å²) in [7, 11) is 0. The summed E-state index contributed by atoms with van der Waals surface area (Å²) in [6.45, 7) is 2.25. The van der Waals surface area contributed by atoms with Crippen molar-refractivity contribution in [3.05, 3.63) is 65.2 Å². The predicted octanol–water partition coefficient (Wildman–Crippen LogP) is 7.47. The smallest absolute Gasteiger partial charge is 0.416 e. The zero-order chi connectivity index (χ0) is 25.0. The molecule has 2 aliphatic rings. The molecule has 4 nitrogen and oxygen atoms in total. The summed E-state index contributed by atoms with van der Waals surface area (Å²) in [5.41, 5.74) is -0.469. The van der Waals surface area contributed by atoms with Crippen LogP contribution in [-0.2, 0) is 10.9 Å². The first-order valence-electron chi connectivity index (χ1n) is 12.4. The number of fused-ring (bicyclic) bond motifs is 1. The van der Waals surface area contributed by atoms with Crippen LogP contribution in [-0.4, -0.2) is 18.0 Å². The van der Waals surface area contributed by atoms with Crippen LogP contribution in [0.3, 0.4) is 0 Å². The summed E-state index contributed by atoms with van der Waals surface area (Å²) >= 11 is 0. The Bertz CT molecular complexity index is 1010. The van der Waals surface area contributed by atoms with E-state index in [4.69, 9.17) is 9.47 Å². The Morgan fingerprint density at radius 2 is 1.43 bits per heavy atom. The van der Waals surface area contributed by atoms with E-state index < -0.39 is 23.7 Å². The highest BCUT2D eigenvalue weighted by Crippen LogP contribution is 2.44. The molecular formula is C28H31F3O4. The molecule has 2 aliphatic carbocycles. The lowest BCUT2D eigenvalue weighted by atomic mass is 9.66. The van der Waals surface area contributed by atoms with Crippen LogP contribution in [0.25, 0.3) is 0 Å². The molecule has 0 saturated heterocycles. The summed E-state index contributed by atoms with van der Waals surface area (Å²) < 4.78 is 49.0. The first kappa shape index (κ1) is 25.3. The SMILES string of the molecule is CCCC1CCC2CC(OC(=O)c3ccc(OC(=O)c4ccc(C(F)(F)F)cc4)cc3)CCC2C1. The minimum absolute atomic E-state index is 0.000756. The van der Waals surface area contributed by atoms with E-state index >= 15 is 0 Å². The van der Waals surface area contributed by atoms with Crippen LogP contribution in [0.5, 0.6) is 5.75 Å². The van der Waals surface area contributed by atoms with Crippen molar-refractivity contribution in [2.24, 2.45) is 17.8 Å². The maximum absolute atomic E-state index is 12.7. The van der Waals surface area contributed by atoms with E-state index in [-0.39, 0.29) is 17.4 Å². The monoisotopic (exact) mass is 488 g/mol. The summed E-state index contributed by atoms with van der Waals surface area (Å²) in [4.78, 5) is 24.9. The third-order valence-corrected chi connectivity index (χ3v) is 7.39. The first-order chi connectivity index (χ1) is 16.7. The Balaban J connectivity index is 1.28. The highest BCUT2D eigenvalue weighted by molar-refractivity contribution is 5.92. The van der Waals surface area contributed by atoms with Crippen LogP contribution in [0.4, 0.5) is 13.2 Å². The van der Waals surface area contributed by atoms with Crippen LogP contribution in [0.1, 0.15) is 84.6 Å². The summed E-state index contributed by atoms with van der Waals surface area (Å²) in [5, 5.41) is 0. The van der Waals surface area contributed by atoms with E-state index in [9.17, 15) is 22.8 Å². The quantitative estimate of drug-likeness (QED) is 0.313. The molecule has 4 rings (SSSR count). The lowest BCUT2D eigenvalue weighted by Crippen LogP contribution is -2.35. The van der Waals surface area contributed by atoms with Gasteiger partial charge in [0, 0.05) is 0 Å². The average molecular weight is 489 g/mol. The van der Waals surface area contributed by atoms with Crippen molar-refractivity contribution in [1.29, 1.82) is 0 Å². The van der Waals surface area contributed by atoms with E-state index in [0.29, 0.717) is 11.5 Å². The van der Waals surface area contributed by atoms with E-state index in [1.54, 1.807) is 0 Å². The standard InChI is InChI=1S/C28H31F3O4/c1-2-3-18-4-5-22-17-25(15-10-21(22)16-18)35-27(33)20-8-13-24(14-9-20)34-26(32)19-6-11-23(12-7-19)28(29,30)31/h6-9,11-14,18,21-22,25H,2-5,10,15-17H2,1H3. The van der Waals surface area contributed by atoms with E-state index in [1.165, 1.54) is 56.4 Å². The predicted molar refractivity (Wildman–Crippen MR) is 125 cm³/mol. The van der Waals surface area contributed by atoms with Crippen LogP contribution in [0, 0.1) is 17.8 Å².